The van der Waals surface area contributed by atoms with Gasteiger partial charge in [-0.3, -0.25) is 0 Å². The predicted molar refractivity (Wildman–Crippen MR) is 69.1 cm³/mol. The highest BCUT2D eigenvalue weighted by Gasteiger charge is 2.15. The first-order valence-corrected chi connectivity index (χ1v) is 6.08. The van der Waals surface area contributed by atoms with Crippen molar-refractivity contribution in [1.82, 2.24) is 15.0 Å². The SMILES string of the molecule is COCc1c(CN)nnn1Cc1c(F)cccc1Cl. The lowest BCUT2D eigenvalue weighted by atomic mass is 10.2. The van der Waals surface area contributed by atoms with Crippen LogP contribution in [0.5, 0.6) is 0 Å². The number of methoxy groups -OCH3 is 1. The van der Waals surface area contributed by atoms with E-state index in [0.29, 0.717) is 22.9 Å². The van der Waals surface area contributed by atoms with Gasteiger partial charge < -0.3 is 10.5 Å². The van der Waals surface area contributed by atoms with E-state index in [1.807, 2.05) is 0 Å². The minimum atomic E-state index is -0.374. The highest BCUT2D eigenvalue weighted by molar-refractivity contribution is 6.31. The minimum Gasteiger partial charge on any atom is -0.378 e. The van der Waals surface area contributed by atoms with E-state index in [0.717, 1.165) is 5.69 Å². The van der Waals surface area contributed by atoms with Gasteiger partial charge in [-0.1, -0.05) is 22.9 Å². The van der Waals surface area contributed by atoms with Crippen LogP contribution >= 0.6 is 11.6 Å². The van der Waals surface area contributed by atoms with Crippen LogP contribution in [0.2, 0.25) is 5.02 Å². The molecule has 0 saturated heterocycles. The third kappa shape index (κ3) is 2.91. The molecule has 2 rings (SSSR count). The van der Waals surface area contributed by atoms with Crippen LogP contribution in [0.1, 0.15) is 17.0 Å². The summed E-state index contributed by atoms with van der Waals surface area (Å²) in [4.78, 5) is 0. The highest BCUT2D eigenvalue weighted by Crippen LogP contribution is 2.21. The largest absolute Gasteiger partial charge is 0.378 e. The second kappa shape index (κ2) is 6.10. The molecular formula is C12H14ClFN4O. The van der Waals surface area contributed by atoms with Gasteiger partial charge in [-0.05, 0) is 12.1 Å². The van der Waals surface area contributed by atoms with Crippen molar-refractivity contribution in [3.8, 4) is 0 Å². The number of nitrogens with two attached hydrogens (primary N) is 1. The standard InChI is InChI=1S/C12H14ClFN4O/c1-19-7-12-11(5-15)16-17-18(12)6-8-9(13)3-2-4-10(8)14/h2-4H,5-7,15H2,1H3. The molecule has 0 aliphatic heterocycles. The molecular weight excluding hydrogens is 271 g/mol. The van der Waals surface area contributed by atoms with Gasteiger partial charge in [0, 0.05) is 24.2 Å². The zero-order chi connectivity index (χ0) is 13.8. The van der Waals surface area contributed by atoms with Crippen LogP contribution in [0.25, 0.3) is 0 Å². The highest BCUT2D eigenvalue weighted by atomic mass is 35.5. The molecule has 2 aromatic rings. The first-order valence-electron chi connectivity index (χ1n) is 5.70. The summed E-state index contributed by atoms with van der Waals surface area (Å²) < 4.78 is 20.4. The molecule has 0 radical (unpaired) electrons. The number of nitrogens with zero attached hydrogens (tertiary/aromatic N) is 3. The number of halogens is 2. The van der Waals surface area contributed by atoms with Crippen molar-refractivity contribution in [3.05, 3.63) is 46.0 Å². The minimum absolute atomic E-state index is 0.192. The Kier molecular flexibility index (Phi) is 4.47. The van der Waals surface area contributed by atoms with Crippen molar-refractivity contribution < 1.29 is 9.13 Å². The van der Waals surface area contributed by atoms with Crippen LogP contribution in [0, 0.1) is 5.82 Å². The lowest BCUT2D eigenvalue weighted by molar-refractivity contribution is 0.176. The summed E-state index contributed by atoms with van der Waals surface area (Å²) in [6.07, 6.45) is 0. The molecule has 1 aromatic carbocycles. The van der Waals surface area contributed by atoms with Gasteiger partial charge in [0.05, 0.1) is 18.8 Å². The van der Waals surface area contributed by atoms with Gasteiger partial charge in [0.2, 0.25) is 0 Å². The Morgan fingerprint density at radius 3 is 2.89 bits per heavy atom. The summed E-state index contributed by atoms with van der Waals surface area (Å²) in [5, 5.41) is 8.27. The Labute approximate surface area is 115 Å². The van der Waals surface area contributed by atoms with Crippen molar-refractivity contribution in [1.29, 1.82) is 0 Å². The van der Waals surface area contributed by atoms with Crippen molar-refractivity contribution in [2.24, 2.45) is 5.73 Å². The zero-order valence-electron chi connectivity index (χ0n) is 10.4. The molecule has 0 atom stereocenters. The Balaban J connectivity index is 2.35. The molecule has 0 aliphatic carbocycles. The number of hydrogen-bond acceptors (Lipinski definition) is 4. The number of hydrogen-bond donors (Lipinski definition) is 1. The van der Waals surface area contributed by atoms with E-state index in [-0.39, 0.29) is 18.9 Å². The van der Waals surface area contributed by atoms with Crippen molar-refractivity contribution >= 4 is 11.6 Å². The monoisotopic (exact) mass is 284 g/mol. The zero-order valence-corrected chi connectivity index (χ0v) is 11.2. The summed E-state index contributed by atoms with van der Waals surface area (Å²) in [6, 6.07) is 4.55. The average Bonchev–Trinajstić information content (AvgIpc) is 2.77. The quantitative estimate of drug-likeness (QED) is 0.908. The lowest BCUT2D eigenvalue weighted by Gasteiger charge is -2.09. The van der Waals surface area contributed by atoms with E-state index >= 15 is 0 Å². The fourth-order valence-electron chi connectivity index (χ4n) is 1.78. The number of rotatable bonds is 5. The lowest BCUT2D eigenvalue weighted by Crippen LogP contribution is -2.11. The summed E-state index contributed by atoms with van der Waals surface area (Å²) in [7, 11) is 1.56. The van der Waals surface area contributed by atoms with Gasteiger partial charge in [0.15, 0.2) is 0 Å². The number of ether oxygens (including phenoxy) is 1. The molecule has 0 spiro atoms. The summed E-state index contributed by atoms with van der Waals surface area (Å²) in [6.45, 7) is 0.756. The molecule has 0 fully saturated rings. The molecule has 7 heteroatoms. The second-order valence-corrected chi connectivity index (χ2v) is 4.39. The van der Waals surface area contributed by atoms with Crippen molar-refractivity contribution in [2.45, 2.75) is 19.7 Å². The first kappa shape index (κ1) is 13.9. The van der Waals surface area contributed by atoms with Crippen molar-refractivity contribution in [2.75, 3.05) is 7.11 Å². The molecule has 1 aromatic heterocycles. The molecule has 0 amide bonds. The molecule has 5 nitrogen and oxygen atoms in total. The third-order valence-corrected chi connectivity index (χ3v) is 3.12. The Morgan fingerprint density at radius 1 is 1.47 bits per heavy atom. The van der Waals surface area contributed by atoms with Crippen LogP contribution in [-0.4, -0.2) is 22.1 Å². The fraction of sp³-hybridized carbons (Fsp3) is 0.333. The maximum Gasteiger partial charge on any atom is 0.129 e. The van der Waals surface area contributed by atoms with E-state index in [4.69, 9.17) is 22.1 Å². The Bertz CT molecular complexity index is 553. The van der Waals surface area contributed by atoms with E-state index in [2.05, 4.69) is 10.3 Å². The first-order chi connectivity index (χ1) is 9.17. The normalized spacial score (nSPS) is 10.9. The third-order valence-electron chi connectivity index (χ3n) is 2.76. The molecule has 0 unspecified atom stereocenters. The maximum absolute atomic E-state index is 13.7. The topological polar surface area (TPSA) is 66.0 Å². The van der Waals surface area contributed by atoms with Gasteiger partial charge in [0.1, 0.15) is 11.5 Å². The van der Waals surface area contributed by atoms with Crippen LogP contribution < -0.4 is 5.73 Å². The van der Waals surface area contributed by atoms with E-state index < -0.39 is 0 Å². The second-order valence-electron chi connectivity index (χ2n) is 3.98. The van der Waals surface area contributed by atoms with Gasteiger partial charge in [-0.15, -0.1) is 5.10 Å². The van der Waals surface area contributed by atoms with Gasteiger partial charge >= 0.3 is 0 Å². The predicted octanol–water partition coefficient (Wildman–Crippen LogP) is 1.72. The van der Waals surface area contributed by atoms with E-state index in [1.165, 1.54) is 6.07 Å². The smallest absolute Gasteiger partial charge is 0.129 e. The van der Waals surface area contributed by atoms with Gasteiger partial charge in [-0.25, -0.2) is 9.07 Å². The molecule has 1 heterocycles. The van der Waals surface area contributed by atoms with E-state index in [1.54, 1.807) is 23.9 Å². The van der Waals surface area contributed by atoms with Crippen LogP contribution in [0.4, 0.5) is 4.39 Å². The fourth-order valence-corrected chi connectivity index (χ4v) is 2.00. The van der Waals surface area contributed by atoms with E-state index in [9.17, 15) is 4.39 Å². The molecule has 0 bridgehead atoms. The summed E-state index contributed by atoms with van der Waals surface area (Å²) in [5.41, 5.74) is 7.31. The van der Waals surface area contributed by atoms with Crippen LogP contribution in [0.3, 0.4) is 0 Å². The van der Waals surface area contributed by atoms with Crippen molar-refractivity contribution in [3.63, 3.8) is 0 Å². The molecule has 102 valence electrons. The average molecular weight is 285 g/mol. The number of benzene rings is 1. The Morgan fingerprint density at radius 2 is 2.26 bits per heavy atom. The van der Waals surface area contributed by atoms with Crippen LogP contribution in [0.15, 0.2) is 18.2 Å². The molecule has 0 aliphatic rings. The molecule has 2 N–H and O–H groups in total. The summed E-state index contributed by atoms with van der Waals surface area (Å²) in [5.74, 6) is -0.374. The number of aromatic nitrogens is 3. The van der Waals surface area contributed by atoms with Crippen LogP contribution in [-0.2, 0) is 24.4 Å². The Hall–Kier alpha value is -1.50. The molecule has 19 heavy (non-hydrogen) atoms. The maximum atomic E-state index is 13.7. The van der Waals surface area contributed by atoms with Gasteiger partial charge in [-0.2, -0.15) is 0 Å². The molecule has 0 saturated carbocycles. The van der Waals surface area contributed by atoms with Gasteiger partial charge in [0.25, 0.3) is 0 Å². The summed E-state index contributed by atoms with van der Waals surface area (Å²) >= 11 is 5.99.